The normalized spacial score (nSPS) is 12.0. The summed E-state index contributed by atoms with van der Waals surface area (Å²) in [5, 5.41) is 4.17. The smallest absolute Gasteiger partial charge is 0.298 e. The molecule has 1 heterocycles. The fourth-order valence-corrected chi connectivity index (χ4v) is 4.37. The number of hydrogen-bond acceptors (Lipinski definition) is 5. The molecule has 0 aliphatic heterocycles. The molecule has 10 heteroatoms. The van der Waals surface area contributed by atoms with Crippen molar-refractivity contribution >= 4 is 32.2 Å². The highest BCUT2D eigenvalue weighted by atomic mass is 32.2. The third-order valence-electron chi connectivity index (χ3n) is 4.06. The van der Waals surface area contributed by atoms with E-state index in [0.29, 0.717) is 0 Å². The number of carbonyl (C=O) groups excluding carboxylic acids is 1. The van der Waals surface area contributed by atoms with Gasteiger partial charge < -0.3 is 0 Å². The van der Waals surface area contributed by atoms with E-state index in [1.807, 2.05) is 0 Å². The molecule has 5 nitrogen and oxygen atoms in total. The fraction of sp³-hybridized carbons (Fsp3) is 0.158. The first-order valence-corrected chi connectivity index (χ1v) is 10.9. The first kappa shape index (κ1) is 21.0. The molecule has 2 aromatic carbocycles. The van der Waals surface area contributed by atoms with E-state index in [1.54, 1.807) is 6.07 Å². The van der Waals surface area contributed by atoms with Crippen LogP contribution in [0.1, 0.15) is 22.8 Å². The number of sulfone groups is 1. The molecule has 0 aliphatic rings. The summed E-state index contributed by atoms with van der Waals surface area (Å²) in [6, 6.07) is 10.5. The van der Waals surface area contributed by atoms with E-state index < -0.39 is 27.5 Å². The molecule has 29 heavy (non-hydrogen) atoms. The first-order chi connectivity index (χ1) is 13.6. The zero-order valence-electron chi connectivity index (χ0n) is 15.0. The number of benzene rings is 2. The molecule has 152 valence electrons. The molecule has 0 aliphatic carbocycles. The summed E-state index contributed by atoms with van der Waals surface area (Å²) >= 11 is 1.03. The predicted octanol–water partition coefficient (Wildman–Crippen LogP) is 4.87. The van der Waals surface area contributed by atoms with Gasteiger partial charge in [-0.3, -0.25) is 10.1 Å². The Hall–Kier alpha value is -2.72. The first-order valence-electron chi connectivity index (χ1n) is 8.38. The van der Waals surface area contributed by atoms with Gasteiger partial charge in [0, 0.05) is 10.9 Å². The quantitative estimate of drug-likeness (QED) is 0.614. The summed E-state index contributed by atoms with van der Waals surface area (Å²) in [6.07, 6.45) is -4.47. The molecule has 0 atom stereocenters. The van der Waals surface area contributed by atoms with Crippen LogP contribution in [0.5, 0.6) is 0 Å². The lowest BCUT2D eigenvalue weighted by Crippen LogP contribution is -2.17. The molecule has 3 rings (SSSR count). The van der Waals surface area contributed by atoms with Gasteiger partial charge in [0.05, 0.1) is 27.5 Å². The van der Waals surface area contributed by atoms with E-state index in [9.17, 15) is 26.4 Å². The number of nitrogens with one attached hydrogen (secondary N) is 1. The molecule has 0 unspecified atom stereocenters. The highest BCUT2D eigenvalue weighted by Gasteiger charge is 2.30. The third kappa shape index (κ3) is 4.65. The van der Waals surface area contributed by atoms with Crippen LogP contribution in [-0.4, -0.2) is 25.1 Å². The van der Waals surface area contributed by atoms with Crippen LogP contribution in [0, 0.1) is 0 Å². The number of amides is 1. The van der Waals surface area contributed by atoms with Crippen LogP contribution in [0.15, 0.2) is 58.8 Å². The molecular weight excluding hydrogens is 425 g/mol. The largest absolute Gasteiger partial charge is 0.416 e. The van der Waals surface area contributed by atoms with Gasteiger partial charge in [-0.1, -0.05) is 31.2 Å². The zero-order valence-corrected chi connectivity index (χ0v) is 16.7. The Morgan fingerprint density at radius 2 is 1.86 bits per heavy atom. The van der Waals surface area contributed by atoms with Crippen LogP contribution in [-0.2, 0) is 16.0 Å². The minimum absolute atomic E-state index is 0.0230. The van der Waals surface area contributed by atoms with Gasteiger partial charge in [-0.25, -0.2) is 13.4 Å². The van der Waals surface area contributed by atoms with Crippen molar-refractivity contribution in [3.8, 4) is 11.3 Å². The lowest BCUT2D eigenvalue weighted by Gasteiger charge is -2.08. The average molecular weight is 440 g/mol. The van der Waals surface area contributed by atoms with Crippen molar-refractivity contribution in [2.75, 3.05) is 11.1 Å². The van der Waals surface area contributed by atoms with Crippen LogP contribution in [0.3, 0.4) is 0 Å². The number of nitrogens with zero attached hydrogens (tertiary/aromatic N) is 1. The molecule has 0 bridgehead atoms. The van der Waals surface area contributed by atoms with Crippen molar-refractivity contribution in [3.05, 3.63) is 65.0 Å². The number of aromatic nitrogens is 1. The standard InChI is InChI=1S/C19H15F3N2O3S2/c1-2-29(26,27)16-9-4-3-8-14(16)17(25)24-18-23-15(11-28-18)12-6-5-7-13(10-12)19(20,21)22/h3-11H,2H2,1H3,(H,23,24,25). The fourth-order valence-electron chi connectivity index (χ4n) is 2.56. The van der Waals surface area contributed by atoms with Crippen LogP contribution < -0.4 is 5.32 Å². The van der Waals surface area contributed by atoms with Gasteiger partial charge in [0.25, 0.3) is 5.91 Å². The summed E-state index contributed by atoms with van der Waals surface area (Å²) in [4.78, 5) is 16.6. The Morgan fingerprint density at radius 3 is 2.55 bits per heavy atom. The summed E-state index contributed by atoms with van der Waals surface area (Å²) in [7, 11) is -3.61. The molecule has 1 aromatic heterocycles. The van der Waals surface area contributed by atoms with Crippen molar-refractivity contribution in [2.24, 2.45) is 0 Å². The van der Waals surface area contributed by atoms with Gasteiger partial charge in [-0.15, -0.1) is 11.3 Å². The number of rotatable bonds is 5. The molecule has 3 aromatic rings. The van der Waals surface area contributed by atoms with Crippen molar-refractivity contribution in [1.82, 2.24) is 4.98 Å². The van der Waals surface area contributed by atoms with E-state index in [4.69, 9.17) is 0 Å². The Morgan fingerprint density at radius 1 is 1.14 bits per heavy atom. The number of halogens is 3. The summed E-state index contributed by atoms with van der Waals surface area (Å²) in [5.74, 6) is -0.823. The molecule has 0 saturated heterocycles. The Kier molecular flexibility index (Phi) is 5.76. The van der Waals surface area contributed by atoms with Gasteiger partial charge >= 0.3 is 6.18 Å². The number of hydrogen-bond donors (Lipinski definition) is 1. The van der Waals surface area contributed by atoms with Gasteiger partial charge in [0.15, 0.2) is 15.0 Å². The molecule has 0 saturated carbocycles. The number of carbonyl (C=O) groups is 1. The lowest BCUT2D eigenvalue weighted by atomic mass is 10.1. The topological polar surface area (TPSA) is 76.1 Å². The van der Waals surface area contributed by atoms with Crippen LogP contribution in [0.2, 0.25) is 0 Å². The SMILES string of the molecule is CCS(=O)(=O)c1ccccc1C(=O)Nc1nc(-c2cccc(C(F)(F)F)c2)cs1. The van der Waals surface area contributed by atoms with Gasteiger partial charge in [0.1, 0.15) is 0 Å². The van der Waals surface area contributed by atoms with Crippen LogP contribution in [0.25, 0.3) is 11.3 Å². The summed E-state index contributed by atoms with van der Waals surface area (Å²) < 4.78 is 63.1. The number of alkyl halides is 3. The highest BCUT2D eigenvalue weighted by molar-refractivity contribution is 7.91. The van der Waals surface area contributed by atoms with Crippen molar-refractivity contribution < 1.29 is 26.4 Å². The summed E-state index contributed by atoms with van der Waals surface area (Å²) in [5.41, 5.74) is -0.297. The Labute approximate surface area is 169 Å². The maximum Gasteiger partial charge on any atom is 0.416 e. The van der Waals surface area contributed by atoms with Gasteiger partial charge in [-0.05, 0) is 24.3 Å². The monoisotopic (exact) mass is 440 g/mol. The van der Waals surface area contributed by atoms with Crippen molar-refractivity contribution in [2.45, 2.75) is 18.0 Å². The van der Waals surface area contributed by atoms with Gasteiger partial charge in [0.2, 0.25) is 0 Å². The molecule has 1 amide bonds. The second kappa shape index (κ2) is 7.96. The highest BCUT2D eigenvalue weighted by Crippen LogP contribution is 2.33. The van der Waals surface area contributed by atoms with E-state index >= 15 is 0 Å². The Balaban J connectivity index is 1.86. The third-order valence-corrected chi connectivity index (χ3v) is 6.60. The van der Waals surface area contributed by atoms with Crippen LogP contribution >= 0.6 is 11.3 Å². The number of thiazole rings is 1. The predicted molar refractivity (Wildman–Crippen MR) is 105 cm³/mol. The van der Waals surface area contributed by atoms with Crippen LogP contribution in [0.4, 0.5) is 18.3 Å². The van der Waals surface area contributed by atoms with E-state index in [-0.39, 0.29) is 32.6 Å². The minimum atomic E-state index is -4.47. The second-order valence-corrected chi connectivity index (χ2v) is 9.07. The van der Waals surface area contributed by atoms with Gasteiger partial charge in [-0.2, -0.15) is 13.2 Å². The average Bonchev–Trinajstić information content (AvgIpc) is 3.16. The zero-order chi connectivity index (χ0) is 21.2. The molecule has 0 spiro atoms. The molecule has 0 radical (unpaired) electrons. The van der Waals surface area contributed by atoms with E-state index in [1.165, 1.54) is 42.6 Å². The Bertz CT molecular complexity index is 1160. The molecule has 0 fully saturated rings. The second-order valence-electron chi connectivity index (χ2n) is 5.97. The summed E-state index contributed by atoms with van der Waals surface area (Å²) in [6.45, 7) is 1.48. The maximum atomic E-state index is 12.9. The minimum Gasteiger partial charge on any atom is -0.298 e. The van der Waals surface area contributed by atoms with E-state index in [0.717, 1.165) is 23.5 Å². The molecule has 1 N–H and O–H groups in total. The van der Waals surface area contributed by atoms with Crippen molar-refractivity contribution in [3.63, 3.8) is 0 Å². The van der Waals surface area contributed by atoms with E-state index in [2.05, 4.69) is 10.3 Å². The maximum absolute atomic E-state index is 12.9. The number of anilines is 1. The molecular formula is C19H15F3N2O3S2. The lowest BCUT2D eigenvalue weighted by molar-refractivity contribution is -0.137. The van der Waals surface area contributed by atoms with Crippen molar-refractivity contribution in [1.29, 1.82) is 0 Å².